The molecule has 1 unspecified atom stereocenters. The molecule has 1 saturated carbocycles. The van der Waals surface area contributed by atoms with Crippen molar-refractivity contribution in [3.05, 3.63) is 11.7 Å². The molecule has 1 aliphatic heterocycles. The Kier molecular flexibility index (Phi) is 3.17. The summed E-state index contributed by atoms with van der Waals surface area (Å²) < 4.78 is 5.06. The van der Waals surface area contributed by atoms with E-state index in [1.807, 2.05) is 0 Å². The van der Waals surface area contributed by atoms with Crippen molar-refractivity contribution in [1.82, 2.24) is 20.8 Å². The van der Waals surface area contributed by atoms with E-state index in [-0.39, 0.29) is 11.9 Å². The molecular formula is C12H16N4O4. The lowest BCUT2D eigenvalue weighted by Crippen LogP contribution is -2.59. The maximum absolute atomic E-state index is 12.0. The minimum Gasteiger partial charge on any atom is -0.480 e. The zero-order valence-electron chi connectivity index (χ0n) is 10.9. The normalized spacial score (nSPS) is 24.1. The van der Waals surface area contributed by atoms with E-state index in [4.69, 9.17) is 9.63 Å². The molecule has 3 N–H and O–H groups in total. The van der Waals surface area contributed by atoms with Crippen molar-refractivity contribution < 1.29 is 19.2 Å². The van der Waals surface area contributed by atoms with Crippen LogP contribution in [0.4, 0.5) is 0 Å². The topological polar surface area (TPSA) is 117 Å². The number of carboxylic acids is 1. The van der Waals surface area contributed by atoms with E-state index in [0.717, 1.165) is 25.8 Å². The molecule has 1 amide bonds. The predicted molar refractivity (Wildman–Crippen MR) is 66.0 cm³/mol. The van der Waals surface area contributed by atoms with Crippen molar-refractivity contribution in [2.75, 3.05) is 6.54 Å². The van der Waals surface area contributed by atoms with Gasteiger partial charge >= 0.3 is 5.97 Å². The SMILES string of the molecule is O=C(NC1(C(=O)O)CCC1)c1noc(C2CCCN2)n1. The second-order valence-electron chi connectivity index (χ2n) is 5.30. The van der Waals surface area contributed by atoms with Gasteiger partial charge in [0, 0.05) is 0 Å². The van der Waals surface area contributed by atoms with Gasteiger partial charge in [0.15, 0.2) is 0 Å². The molecule has 2 aliphatic rings. The lowest BCUT2D eigenvalue weighted by Gasteiger charge is -2.37. The Hall–Kier alpha value is -1.96. The Morgan fingerprint density at radius 1 is 1.40 bits per heavy atom. The molecule has 0 spiro atoms. The fraction of sp³-hybridized carbons (Fsp3) is 0.667. The highest BCUT2D eigenvalue weighted by Gasteiger charge is 2.46. The van der Waals surface area contributed by atoms with E-state index in [9.17, 15) is 9.59 Å². The van der Waals surface area contributed by atoms with Gasteiger partial charge in [0.2, 0.25) is 5.89 Å². The summed E-state index contributed by atoms with van der Waals surface area (Å²) in [5.41, 5.74) is -1.16. The van der Waals surface area contributed by atoms with Crippen molar-refractivity contribution in [3.8, 4) is 0 Å². The van der Waals surface area contributed by atoms with Crippen molar-refractivity contribution >= 4 is 11.9 Å². The first kappa shape index (κ1) is 13.0. The van der Waals surface area contributed by atoms with Crippen LogP contribution >= 0.6 is 0 Å². The van der Waals surface area contributed by atoms with Gasteiger partial charge in [-0.1, -0.05) is 5.16 Å². The summed E-state index contributed by atoms with van der Waals surface area (Å²) in [5, 5.41) is 18.5. The van der Waals surface area contributed by atoms with Crippen LogP contribution in [-0.2, 0) is 4.79 Å². The third-order valence-corrected chi connectivity index (χ3v) is 3.97. The van der Waals surface area contributed by atoms with Crippen LogP contribution in [0, 0.1) is 0 Å². The minimum atomic E-state index is -1.16. The number of rotatable bonds is 4. The van der Waals surface area contributed by atoms with Gasteiger partial charge in [-0.2, -0.15) is 4.98 Å². The summed E-state index contributed by atoms with van der Waals surface area (Å²) in [4.78, 5) is 27.3. The van der Waals surface area contributed by atoms with Crippen LogP contribution in [0.2, 0.25) is 0 Å². The number of hydrogen-bond acceptors (Lipinski definition) is 6. The zero-order chi connectivity index (χ0) is 14.2. The Balaban J connectivity index is 1.69. The maximum Gasteiger partial charge on any atom is 0.329 e. The van der Waals surface area contributed by atoms with Crippen LogP contribution in [-0.4, -0.2) is 39.2 Å². The fourth-order valence-corrected chi connectivity index (χ4v) is 2.56. The molecule has 0 aromatic carbocycles. The largest absolute Gasteiger partial charge is 0.480 e. The monoisotopic (exact) mass is 280 g/mol. The number of hydrogen-bond donors (Lipinski definition) is 3. The lowest BCUT2D eigenvalue weighted by molar-refractivity contribution is -0.148. The second-order valence-corrected chi connectivity index (χ2v) is 5.30. The molecule has 1 aromatic rings. The molecule has 8 nitrogen and oxygen atoms in total. The van der Waals surface area contributed by atoms with Gasteiger partial charge in [-0.15, -0.1) is 0 Å². The summed E-state index contributed by atoms with van der Waals surface area (Å²) in [6, 6.07) is -0.0128. The van der Waals surface area contributed by atoms with Crippen LogP contribution in [0.3, 0.4) is 0 Å². The smallest absolute Gasteiger partial charge is 0.329 e. The standard InChI is InChI=1S/C12H16N4O4/c17-9(15-12(11(18)19)4-2-5-12)8-14-10(20-16-8)7-3-1-6-13-7/h7,13H,1-6H2,(H,15,17)(H,18,19). The van der Waals surface area contributed by atoms with Crippen molar-refractivity contribution in [2.24, 2.45) is 0 Å². The number of nitrogens with one attached hydrogen (secondary N) is 2. The average molecular weight is 280 g/mol. The fourth-order valence-electron chi connectivity index (χ4n) is 2.56. The predicted octanol–water partition coefficient (Wildman–Crippen LogP) is 0.231. The maximum atomic E-state index is 12.0. The van der Waals surface area contributed by atoms with Gasteiger partial charge in [0.1, 0.15) is 5.54 Å². The molecule has 2 heterocycles. The van der Waals surface area contributed by atoms with Gasteiger partial charge in [-0.05, 0) is 38.6 Å². The third kappa shape index (κ3) is 2.15. The zero-order valence-corrected chi connectivity index (χ0v) is 10.9. The quantitative estimate of drug-likeness (QED) is 0.722. The third-order valence-electron chi connectivity index (χ3n) is 3.97. The molecule has 0 bridgehead atoms. The molecule has 3 rings (SSSR count). The van der Waals surface area contributed by atoms with Gasteiger partial charge in [-0.3, -0.25) is 4.79 Å². The highest BCUT2D eigenvalue weighted by atomic mass is 16.5. The van der Waals surface area contributed by atoms with Crippen LogP contribution in [0.25, 0.3) is 0 Å². The number of aliphatic carboxylic acids is 1. The van der Waals surface area contributed by atoms with Crippen molar-refractivity contribution in [1.29, 1.82) is 0 Å². The van der Waals surface area contributed by atoms with E-state index in [1.54, 1.807) is 0 Å². The molecule has 8 heteroatoms. The number of aromatic nitrogens is 2. The van der Waals surface area contributed by atoms with Crippen LogP contribution < -0.4 is 10.6 Å². The molecule has 1 saturated heterocycles. The van der Waals surface area contributed by atoms with E-state index >= 15 is 0 Å². The van der Waals surface area contributed by atoms with Gasteiger partial charge in [-0.25, -0.2) is 4.79 Å². The Morgan fingerprint density at radius 2 is 2.20 bits per heavy atom. The minimum absolute atomic E-state index is 0.0128. The molecule has 0 radical (unpaired) electrons. The average Bonchev–Trinajstić information content (AvgIpc) is 3.01. The first-order valence-corrected chi connectivity index (χ1v) is 6.74. The second kappa shape index (κ2) is 4.86. The molecule has 108 valence electrons. The first-order valence-electron chi connectivity index (χ1n) is 6.74. The Morgan fingerprint density at radius 3 is 2.75 bits per heavy atom. The van der Waals surface area contributed by atoms with E-state index in [1.165, 1.54) is 0 Å². The first-order chi connectivity index (χ1) is 9.61. The Bertz CT molecular complexity index is 531. The van der Waals surface area contributed by atoms with Crippen LogP contribution in [0.5, 0.6) is 0 Å². The van der Waals surface area contributed by atoms with Crippen molar-refractivity contribution in [3.63, 3.8) is 0 Å². The summed E-state index contributed by atoms with van der Waals surface area (Å²) in [7, 11) is 0. The van der Waals surface area contributed by atoms with Crippen LogP contribution in [0.15, 0.2) is 4.52 Å². The highest BCUT2D eigenvalue weighted by Crippen LogP contribution is 2.32. The molecule has 20 heavy (non-hydrogen) atoms. The van der Waals surface area contributed by atoms with E-state index in [2.05, 4.69) is 20.8 Å². The van der Waals surface area contributed by atoms with Gasteiger partial charge < -0.3 is 20.3 Å². The van der Waals surface area contributed by atoms with Gasteiger partial charge in [0.05, 0.1) is 6.04 Å². The molecule has 1 aromatic heterocycles. The Labute approximate surface area is 114 Å². The molecular weight excluding hydrogens is 264 g/mol. The lowest BCUT2D eigenvalue weighted by atomic mass is 9.77. The molecule has 1 atom stereocenters. The van der Waals surface area contributed by atoms with Crippen LogP contribution in [0.1, 0.15) is 54.7 Å². The number of carboxylic acid groups (broad SMARTS) is 1. The summed E-state index contributed by atoms with van der Waals surface area (Å²) >= 11 is 0. The number of amides is 1. The summed E-state index contributed by atoms with van der Waals surface area (Å²) in [6.07, 6.45) is 3.57. The number of carbonyl (C=O) groups excluding carboxylic acids is 1. The van der Waals surface area contributed by atoms with E-state index in [0.29, 0.717) is 18.7 Å². The van der Waals surface area contributed by atoms with E-state index < -0.39 is 17.4 Å². The summed E-state index contributed by atoms with van der Waals surface area (Å²) in [6.45, 7) is 0.886. The number of carbonyl (C=O) groups is 2. The highest BCUT2D eigenvalue weighted by molar-refractivity contribution is 5.95. The van der Waals surface area contributed by atoms with Gasteiger partial charge in [0.25, 0.3) is 11.7 Å². The molecule has 2 fully saturated rings. The summed E-state index contributed by atoms with van der Waals surface area (Å²) in [5.74, 6) is -1.34. The number of nitrogens with zero attached hydrogens (tertiary/aromatic N) is 2. The molecule has 1 aliphatic carbocycles. The van der Waals surface area contributed by atoms with Crippen molar-refractivity contribution in [2.45, 2.75) is 43.7 Å².